The monoisotopic (exact) mass is 279 g/mol. The zero-order valence-corrected chi connectivity index (χ0v) is 13.5. The molecular weight excluding hydrogens is 250 g/mol. The first kappa shape index (κ1) is 16.9. The Kier molecular flexibility index (Phi) is 6.43. The third-order valence-electron chi connectivity index (χ3n) is 2.97. The molecule has 20 heavy (non-hydrogen) atoms. The van der Waals surface area contributed by atoms with Crippen LogP contribution in [0.5, 0.6) is 0 Å². The van der Waals surface area contributed by atoms with E-state index < -0.39 is 5.60 Å². The molecule has 0 atom stereocenters. The van der Waals surface area contributed by atoms with Crippen LogP contribution in [0.4, 0.5) is 5.82 Å². The van der Waals surface area contributed by atoms with E-state index in [0.717, 1.165) is 25.5 Å². The van der Waals surface area contributed by atoms with Crippen molar-refractivity contribution in [3.63, 3.8) is 0 Å². The highest BCUT2D eigenvalue weighted by molar-refractivity contribution is 5.39. The van der Waals surface area contributed by atoms with Gasteiger partial charge in [-0.2, -0.15) is 0 Å². The largest absolute Gasteiger partial charge is 0.389 e. The Morgan fingerprint density at radius 3 is 2.50 bits per heavy atom. The SMILES string of the molecule is CCN(CC(C)(C)O)c1ccc(CNCC(C)C)cn1. The van der Waals surface area contributed by atoms with Gasteiger partial charge in [-0.05, 0) is 44.9 Å². The van der Waals surface area contributed by atoms with Gasteiger partial charge in [-0.3, -0.25) is 0 Å². The lowest BCUT2D eigenvalue weighted by atomic mass is 10.1. The first-order valence-corrected chi connectivity index (χ1v) is 7.45. The highest BCUT2D eigenvalue weighted by Crippen LogP contribution is 2.15. The minimum atomic E-state index is -0.713. The quantitative estimate of drug-likeness (QED) is 0.767. The average Bonchev–Trinajstić information content (AvgIpc) is 2.35. The third kappa shape index (κ3) is 6.35. The van der Waals surface area contributed by atoms with E-state index in [2.05, 4.69) is 42.0 Å². The summed E-state index contributed by atoms with van der Waals surface area (Å²) in [6, 6.07) is 4.13. The van der Waals surface area contributed by atoms with Crippen LogP contribution in [0.15, 0.2) is 18.3 Å². The van der Waals surface area contributed by atoms with Crippen molar-refractivity contribution in [1.82, 2.24) is 10.3 Å². The summed E-state index contributed by atoms with van der Waals surface area (Å²) in [5.41, 5.74) is 0.476. The lowest BCUT2D eigenvalue weighted by Crippen LogP contribution is -2.39. The highest BCUT2D eigenvalue weighted by atomic mass is 16.3. The van der Waals surface area contributed by atoms with E-state index in [1.165, 1.54) is 5.56 Å². The molecule has 0 radical (unpaired) electrons. The molecule has 0 spiro atoms. The number of likely N-dealkylation sites (N-methyl/N-ethyl adjacent to an activating group) is 1. The molecule has 0 aliphatic rings. The predicted octanol–water partition coefficient (Wildman–Crippen LogP) is 2.42. The minimum absolute atomic E-state index is 0.585. The van der Waals surface area contributed by atoms with Gasteiger partial charge in [-0.15, -0.1) is 0 Å². The van der Waals surface area contributed by atoms with Gasteiger partial charge in [0.05, 0.1) is 5.60 Å². The second-order valence-electron chi connectivity index (χ2n) is 6.38. The average molecular weight is 279 g/mol. The molecule has 0 fully saturated rings. The van der Waals surface area contributed by atoms with Crippen molar-refractivity contribution in [2.45, 2.75) is 46.8 Å². The Hall–Kier alpha value is -1.13. The molecule has 0 saturated heterocycles. The van der Waals surface area contributed by atoms with E-state index in [4.69, 9.17) is 0 Å². The zero-order valence-electron chi connectivity index (χ0n) is 13.5. The fourth-order valence-corrected chi connectivity index (χ4v) is 2.04. The van der Waals surface area contributed by atoms with Crippen LogP contribution in [-0.4, -0.2) is 35.3 Å². The molecule has 0 saturated carbocycles. The van der Waals surface area contributed by atoms with Gasteiger partial charge in [-0.25, -0.2) is 4.98 Å². The fraction of sp³-hybridized carbons (Fsp3) is 0.688. The summed E-state index contributed by atoms with van der Waals surface area (Å²) >= 11 is 0. The van der Waals surface area contributed by atoms with Crippen molar-refractivity contribution in [3.8, 4) is 0 Å². The van der Waals surface area contributed by atoms with Crippen LogP contribution >= 0.6 is 0 Å². The highest BCUT2D eigenvalue weighted by Gasteiger charge is 2.18. The number of nitrogens with one attached hydrogen (secondary N) is 1. The topological polar surface area (TPSA) is 48.4 Å². The van der Waals surface area contributed by atoms with Crippen molar-refractivity contribution >= 4 is 5.82 Å². The molecule has 1 aromatic rings. The molecule has 1 aromatic heterocycles. The second kappa shape index (κ2) is 7.60. The molecule has 0 unspecified atom stereocenters. The minimum Gasteiger partial charge on any atom is -0.389 e. The summed E-state index contributed by atoms with van der Waals surface area (Å²) in [5.74, 6) is 1.58. The summed E-state index contributed by atoms with van der Waals surface area (Å²) in [6.45, 7) is 13.4. The van der Waals surface area contributed by atoms with Crippen LogP contribution in [0.1, 0.15) is 40.2 Å². The van der Waals surface area contributed by atoms with Gasteiger partial charge in [-0.1, -0.05) is 19.9 Å². The summed E-state index contributed by atoms with van der Waals surface area (Å²) in [7, 11) is 0. The van der Waals surface area contributed by atoms with Crippen LogP contribution in [0.2, 0.25) is 0 Å². The molecule has 0 aromatic carbocycles. The molecule has 0 aliphatic carbocycles. The maximum Gasteiger partial charge on any atom is 0.128 e. The Morgan fingerprint density at radius 1 is 1.35 bits per heavy atom. The summed E-state index contributed by atoms with van der Waals surface area (Å²) in [5, 5.41) is 13.3. The Labute approximate surface area is 123 Å². The van der Waals surface area contributed by atoms with Gasteiger partial charge in [0.1, 0.15) is 5.82 Å². The van der Waals surface area contributed by atoms with Crippen molar-refractivity contribution < 1.29 is 5.11 Å². The summed E-state index contributed by atoms with van der Waals surface area (Å²) in [4.78, 5) is 6.60. The van der Waals surface area contributed by atoms with Gasteiger partial charge in [0.2, 0.25) is 0 Å². The van der Waals surface area contributed by atoms with Crippen LogP contribution in [-0.2, 0) is 6.54 Å². The number of hydrogen-bond acceptors (Lipinski definition) is 4. The molecule has 1 rings (SSSR count). The van der Waals surface area contributed by atoms with Gasteiger partial charge >= 0.3 is 0 Å². The molecule has 0 amide bonds. The number of hydrogen-bond donors (Lipinski definition) is 2. The van der Waals surface area contributed by atoms with Crippen molar-refractivity contribution in [1.29, 1.82) is 0 Å². The van der Waals surface area contributed by atoms with Crippen LogP contribution in [0.3, 0.4) is 0 Å². The van der Waals surface area contributed by atoms with E-state index in [1.807, 2.05) is 26.1 Å². The molecular formula is C16H29N3O. The number of rotatable bonds is 8. The maximum absolute atomic E-state index is 9.92. The van der Waals surface area contributed by atoms with Gasteiger partial charge in [0.15, 0.2) is 0 Å². The van der Waals surface area contributed by atoms with E-state index >= 15 is 0 Å². The van der Waals surface area contributed by atoms with Gasteiger partial charge in [0.25, 0.3) is 0 Å². The van der Waals surface area contributed by atoms with Crippen molar-refractivity contribution in [3.05, 3.63) is 23.9 Å². The zero-order chi connectivity index (χ0) is 15.2. The van der Waals surface area contributed by atoms with Gasteiger partial charge < -0.3 is 15.3 Å². The predicted molar refractivity (Wildman–Crippen MR) is 85.0 cm³/mol. The first-order valence-electron chi connectivity index (χ1n) is 7.45. The maximum atomic E-state index is 9.92. The van der Waals surface area contributed by atoms with Gasteiger partial charge in [0, 0.05) is 25.8 Å². The smallest absolute Gasteiger partial charge is 0.128 e. The summed E-state index contributed by atoms with van der Waals surface area (Å²) in [6.07, 6.45) is 1.91. The number of nitrogens with zero attached hydrogens (tertiary/aromatic N) is 2. The Bertz CT molecular complexity index is 382. The Morgan fingerprint density at radius 2 is 2.05 bits per heavy atom. The molecule has 4 nitrogen and oxygen atoms in total. The molecule has 1 heterocycles. The summed E-state index contributed by atoms with van der Waals surface area (Å²) < 4.78 is 0. The lowest BCUT2D eigenvalue weighted by molar-refractivity contribution is 0.0874. The van der Waals surface area contributed by atoms with E-state index in [9.17, 15) is 5.11 Å². The molecule has 4 heteroatoms. The standard InChI is InChI=1S/C16H29N3O/c1-6-19(12-16(4,5)20)15-8-7-14(11-18-15)10-17-9-13(2)3/h7-8,11,13,17,20H,6,9-10,12H2,1-5H3. The number of aliphatic hydroxyl groups is 1. The molecule has 2 N–H and O–H groups in total. The van der Waals surface area contributed by atoms with E-state index in [1.54, 1.807) is 0 Å². The molecule has 0 bridgehead atoms. The van der Waals surface area contributed by atoms with Crippen LogP contribution in [0.25, 0.3) is 0 Å². The molecule has 0 aliphatic heterocycles. The first-order chi connectivity index (χ1) is 9.31. The second-order valence-corrected chi connectivity index (χ2v) is 6.38. The Balaban J connectivity index is 2.60. The number of aromatic nitrogens is 1. The lowest BCUT2D eigenvalue weighted by Gasteiger charge is -2.29. The van der Waals surface area contributed by atoms with Crippen molar-refractivity contribution in [2.75, 3.05) is 24.5 Å². The normalized spacial score (nSPS) is 11.9. The third-order valence-corrected chi connectivity index (χ3v) is 2.97. The van der Waals surface area contributed by atoms with Crippen molar-refractivity contribution in [2.24, 2.45) is 5.92 Å². The van der Waals surface area contributed by atoms with E-state index in [-0.39, 0.29) is 0 Å². The molecule has 114 valence electrons. The van der Waals surface area contributed by atoms with Crippen LogP contribution in [0, 0.1) is 5.92 Å². The van der Waals surface area contributed by atoms with Crippen LogP contribution < -0.4 is 10.2 Å². The number of anilines is 1. The van der Waals surface area contributed by atoms with E-state index in [0.29, 0.717) is 12.5 Å². The number of pyridine rings is 1. The fourth-order valence-electron chi connectivity index (χ4n) is 2.04.